The molecule has 0 aliphatic heterocycles. The van der Waals surface area contributed by atoms with E-state index >= 15 is 0 Å². The summed E-state index contributed by atoms with van der Waals surface area (Å²) in [7, 11) is 1.33. The van der Waals surface area contributed by atoms with Gasteiger partial charge in [0.05, 0.1) is 7.11 Å². The average molecular weight is 230 g/mol. The Hall–Kier alpha value is 0.495. The van der Waals surface area contributed by atoms with E-state index in [1.165, 1.54) is 7.11 Å². The quantitative estimate of drug-likeness (QED) is 0.639. The predicted molar refractivity (Wildman–Crippen MR) is 36.0 cm³/mol. The van der Waals surface area contributed by atoms with Gasteiger partial charge in [0.15, 0.2) is 0 Å². The van der Waals surface area contributed by atoms with E-state index in [1.807, 2.05) is 0 Å². The first-order valence-corrected chi connectivity index (χ1v) is 3.37. The van der Waals surface area contributed by atoms with E-state index in [9.17, 15) is 4.79 Å². The van der Waals surface area contributed by atoms with Gasteiger partial charge in [-0.2, -0.15) is 0 Å². The molecule has 0 atom stereocenters. The third kappa shape index (κ3) is 3.11. The molecular formula is C2H3BBr2O2. The lowest BCUT2D eigenvalue weighted by Gasteiger charge is -1.91. The Kier molecular flexibility index (Phi) is 3.74. The van der Waals surface area contributed by atoms with E-state index in [0.717, 1.165) is 0 Å². The molecule has 0 amide bonds. The molecule has 0 aromatic rings. The first kappa shape index (κ1) is 7.49. The Labute approximate surface area is 58.6 Å². The highest BCUT2D eigenvalue weighted by Crippen LogP contribution is 2.03. The molecule has 0 fully saturated rings. The van der Waals surface area contributed by atoms with Gasteiger partial charge in [0, 0.05) is 0 Å². The highest BCUT2D eigenvalue weighted by molar-refractivity contribution is 9.50. The molecule has 0 unspecified atom stereocenters. The van der Waals surface area contributed by atoms with Gasteiger partial charge in [-0.05, 0) is 0 Å². The van der Waals surface area contributed by atoms with Crippen LogP contribution < -0.4 is 0 Å². The van der Waals surface area contributed by atoms with E-state index in [1.54, 1.807) is 0 Å². The highest BCUT2D eigenvalue weighted by atomic mass is 79.9. The largest absolute Gasteiger partial charge is 0.475 e. The maximum atomic E-state index is 10.2. The number of carbonyl (C=O) groups is 1. The van der Waals surface area contributed by atoms with Crippen molar-refractivity contribution in [2.75, 3.05) is 7.11 Å². The number of hydrogen-bond donors (Lipinski definition) is 0. The zero-order chi connectivity index (χ0) is 5.86. The Bertz CT molecular complexity index is 74.1. The Balaban J connectivity index is 3.35. The molecule has 2 nitrogen and oxygen atoms in total. The van der Waals surface area contributed by atoms with Crippen molar-refractivity contribution in [1.29, 1.82) is 0 Å². The maximum absolute atomic E-state index is 10.2. The molecule has 0 radical (unpaired) electrons. The van der Waals surface area contributed by atoms with Crippen LogP contribution in [0.4, 0.5) is 4.79 Å². The molecule has 5 heteroatoms. The van der Waals surface area contributed by atoms with Gasteiger partial charge in [0.2, 0.25) is 0 Å². The first-order valence-electron chi connectivity index (χ1n) is 1.54. The third-order valence-electron chi connectivity index (χ3n) is 0.379. The smallest absolute Gasteiger partial charge is 0.425 e. The number of ether oxygens (including phenoxy) is 1. The molecular weight excluding hydrogens is 227 g/mol. The van der Waals surface area contributed by atoms with Gasteiger partial charge >= 0.3 is 4.36 Å². The highest BCUT2D eigenvalue weighted by Gasteiger charge is 2.15. The number of hydrogen-bond acceptors (Lipinski definition) is 2. The second-order valence-corrected chi connectivity index (χ2v) is 3.88. The van der Waals surface area contributed by atoms with Crippen molar-refractivity contribution in [3.63, 3.8) is 0 Å². The maximum Gasteiger partial charge on any atom is 0.425 e. The number of carbonyl (C=O) groups excluding carboxylic acids is 1. The van der Waals surface area contributed by atoms with Gasteiger partial charge < -0.3 is 4.74 Å². The second-order valence-electron chi connectivity index (χ2n) is 0.824. The molecule has 0 spiro atoms. The topological polar surface area (TPSA) is 26.3 Å². The predicted octanol–water partition coefficient (Wildman–Crippen LogP) is 1.61. The SMILES string of the molecule is COC(=O)B(Br)Br. The summed E-state index contributed by atoms with van der Waals surface area (Å²) >= 11 is 5.88. The summed E-state index contributed by atoms with van der Waals surface area (Å²) in [6.45, 7) is 0. The number of halogens is 2. The van der Waals surface area contributed by atoms with Crippen LogP contribution in [0.3, 0.4) is 0 Å². The van der Waals surface area contributed by atoms with Gasteiger partial charge in [0.25, 0.3) is 5.87 Å². The van der Waals surface area contributed by atoms with Crippen molar-refractivity contribution in [3.8, 4) is 0 Å². The van der Waals surface area contributed by atoms with Gasteiger partial charge in [-0.25, -0.2) is 0 Å². The van der Waals surface area contributed by atoms with Gasteiger partial charge in [0.1, 0.15) is 0 Å². The van der Waals surface area contributed by atoms with Crippen LogP contribution in [0.5, 0.6) is 0 Å². The van der Waals surface area contributed by atoms with Crippen molar-refractivity contribution < 1.29 is 9.53 Å². The summed E-state index contributed by atoms with van der Waals surface area (Å²) in [5.74, 6) is -0.319. The minimum absolute atomic E-state index is 0.319. The fourth-order valence-corrected chi connectivity index (χ4v) is 0.463. The summed E-state index contributed by atoms with van der Waals surface area (Å²) in [6.07, 6.45) is 0. The Morgan fingerprint density at radius 3 is 2.14 bits per heavy atom. The minimum atomic E-state index is -0.370. The fraction of sp³-hybridized carbons (Fsp3) is 0.500. The summed E-state index contributed by atoms with van der Waals surface area (Å²) in [4.78, 5) is 10.2. The van der Waals surface area contributed by atoms with Crippen molar-refractivity contribution in [1.82, 2.24) is 0 Å². The van der Waals surface area contributed by atoms with Crippen LogP contribution in [0.15, 0.2) is 0 Å². The molecule has 0 rings (SSSR count). The summed E-state index contributed by atoms with van der Waals surface area (Å²) in [5, 5.41) is 0. The lowest BCUT2D eigenvalue weighted by molar-refractivity contribution is 0.198. The molecule has 40 valence electrons. The standard InChI is InChI=1S/C2H3BBr2O2/c1-7-2(6)3(4)5/h1H3. The third-order valence-corrected chi connectivity index (χ3v) is 1.13. The minimum Gasteiger partial charge on any atom is -0.475 e. The molecule has 0 saturated heterocycles. The molecule has 0 bridgehead atoms. The van der Waals surface area contributed by atoms with E-state index in [4.69, 9.17) is 0 Å². The van der Waals surface area contributed by atoms with Crippen LogP contribution in [0.25, 0.3) is 0 Å². The van der Waals surface area contributed by atoms with E-state index < -0.39 is 0 Å². The van der Waals surface area contributed by atoms with Crippen LogP contribution in [0.1, 0.15) is 0 Å². The van der Waals surface area contributed by atoms with Crippen LogP contribution in [-0.4, -0.2) is 17.3 Å². The van der Waals surface area contributed by atoms with Crippen LogP contribution in [-0.2, 0) is 4.74 Å². The Morgan fingerprint density at radius 1 is 1.71 bits per heavy atom. The van der Waals surface area contributed by atoms with Crippen molar-refractivity contribution in [2.24, 2.45) is 0 Å². The van der Waals surface area contributed by atoms with Crippen molar-refractivity contribution in [3.05, 3.63) is 0 Å². The molecule has 0 aliphatic carbocycles. The molecule has 7 heavy (non-hydrogen) atoms. The van der Waals surface area contributed by atoms with Crippen molar-refractivity contribution in [2.45, 2.75) is 0 Å². The molecule has 0 heterocycles. The first-order chi connectivity index (χ1) is 3.18. The average Bonchev–Trinajstić information content (AvgIpc) is 1.65. The van der Waals surface area contributed by atoms with Crippen LogP contribution in [0, 0.1) is 0 Å². The second kappa shape index (κ2) is 3.49. The van der Waals surface area contributed by atoms with Crippen molar-refractivity contribution >= 4 is 41.7 Å². The van der Waals surface area contributed by atoms with Gasteiger partial charge in [-0.3, -0.25) is 4.79 Å². The number of methoxy groups -OCH3 is 1. The van der Waals surface area contributed by atoms with E-state index in [0.29, 0.717) is 0 Å². The zero-order valence-electron chi connectivity index (χ0n) is 3.65. The summed E-state index contributed by atoms with van der Waals surface area (Å²) in [6, 6.07) is 0. The summed E-state index contributed by atoms with van der Waals surface area (Å²) in [5.41, 5.74) is 0. The van der Waals surface area contributed by atoms with Crippen LogP contribution >= 0.6 is 31.5 Å². The zero-order valence-corrected chi connectivity index (χ0v) is 6.82. The monoisotopic (exact) mass is 228 g/mol. The normalized spacial score (nSPS) is 7.86. The Morgan fingerprint density at radius 2 is 2.14 bits per heavy atom. The summed E-state index contributed by atoms with van der Waals surface area (Å²) < 4.78 is 3.91. The molecule has 0 N–H and O–H groups in total. The van der Waals surface area contributed by atoms with Gasteiger partial charge in [-0.1, -0.05) is 0 Å². The lowest BCUT2D eigenvalue weighted by atomic mass is 10.2. The van der Waals surface area contributed by atoms with Gasteiger partial charge in [-0.15, -0.1) is 31.5 Å². The molecule has 0 saturated carbocycles. The lowest BCUT2D eigenvalue weighted by Crippen LogP contribution is -2.10. The fourth-order valence-electron chi connectivity index (χ4n) is 0.0891. The van der Waals surface area contributed by atoms with E-state index in [-0.39, 0.29) is 10.2 Å². The van der Waals surface area contributed by atoms with Crippen LogP contribution in [0.2, 0.25) is 0 Å². The molecule has 0 aliphatic rings. The molecule has 0 aromatic heterocycles. The molecule has 0 aromatic carbocycles. The van der Waals surface area contributed by atoms with E-state index in [2.05, 4.69) is 36.3 Å². The number of rotatable bonds is 1.